The van der Waals surface area contributed by atoms with E-state index in [2.05, 4.69) is 17.0 Å². The van der Waals surface area contributed by atoms with Crippen molar-refractivity contribution in [2.75, 3.05) is 51.5 Å². The predicted octanol–water partition coefficient (Wildman–Crippen LogP) is 3.14. The first-order valence-corrected chi connectivity index (χ1v) is 8.46. The number of benzene rings is 2. The highest BCUT2D eigenvalue weighted by atomic mass is 16.6. The van der Waals surface area contributed by atoms with Crippen LogP contribution in [0.3, 0.4) is 0 Å². The predicted molar refractivity (Wildman–Crippen MR) is 99.9 cm³/mol. The minimum atomic E-state index is -0.440. The number of anilines is 1. The molecule has 0 unspecified atom stereocenters. The Morgan fingerprint density at radius 2 is 1.50 bits per heavy atom. The Hall–Kier alpha value is -2.64. The van der Waals surface area contributed by atoms with Crippen LogP contribution in [0, 0.1) is 10.1 Å². The van der Waals surface area contributed by atoms with Gasteiger partial charge in [0.25, 0.3) is 5.69 Å². The van der Waals surface area contributed by atoms with E-state index < -0.39 is 4.92 Å². The quantitative estimate of drug-likeness (QED) is 0.329. The molecule has 0 aromatic heterocycles. The van der Waals surface area contributed by atoms with Gasteiger partial charge in [-0.25, -0.2) is 0 Å². The molecule has 2 rings (SSSR count). The molecule has 0 radical (unpaired) electrons. The topological polar surface area (TPSA) is 74.1 Å². The van der Waals surface area contributed by atoms with Crippen LogP contribution in [0.15, 0.2) is 54.6 Å². The number of non-ortho nitro benzene ring substituents is 1. The maximum atomic E-state index is 10.6. The van der Waals surface area contributed by atoms with Gasteiger partial charge in [0.2, 0.25) is 0 Å². The summed E-state index contributed by atoms with van der Waals surface area (Å²) in [5, 5.41) is 10.6. The van der Waals surface area contributed by atoms with E-state index in [1.807, 2.05) is 25.2 Å². The van der Waals surface area contributed by atoms with Gasteiger partial charge in [0, 0.05) is 31.4 Å². The minimum Gasteiger partial charge on any atom is -0.491 e. The van der Waals surface area contributed by atoms with E-state index in [1.165, 1.54) is 12.1 Å². The molecule has 7 heteroatoms. The van der Waals surface area contributed by atoms with Crippen LogP contribution in [0.25, 0.3) is 0 Å². The van der Waals surface area contributed by atoms with Gasteiger partial charge in [0.05, 0.1) is 31.4 Å². The molecule has 7 nitrogen and oxygen atoms in total. The average Bonchev–Trinajstić information content (AvgIpc) is 2.67. The molecule has 0 saturated heterocycles. The minimum absolute atomic E-state index is 0.0451. The fourth-order valence-corrected chi connectivity index (χ4v) is 2.22. The molecule has 2 aromatic carbocycles. The number of para-hydroxylation sites is 1. The van der Waals surface area contributed by atoms with Crippen molar-refractivity contribution in [3.05, 3.63) is 64.7 Å². The summed E-state index contributed by atoms with van der Waals surface area (Å²) in [6.07, 6.45) is 0. The Kier molecular flexibility index (Phi) is 8.38. The van der Waals surface area contributed by atoms with Crippen LogP contribution in [0.2, 0.25) is 0 Å². The Balaban J connectivity index is 1.46. The van der Waals surface area contributed by atoms with Crippen LogP contribution >= 0.6 is 0 Å². The molecule has 0 aliphatic heterocycles. The van der Waals surface area contributed by atoms with Crippen molar-refractivity contribution in [3.63, 3.8) is 0 Å². The first-order chi connectivity index (χ1) is 12.7. The van der Waals surface area contributed by atoms with Crippen molar-refractivity contribution in [2.24, 2.45) is 0 Å². The second-order valence-electron chi connectivity index (χ2n) is 5.58. The molecule has 0 bridgehead atoms. The third-order valence-corrected chi connectivity index (χ3v) is 3.68. The zero-order valence-electron chi connectivity index (χ0n) is 14.9. The number of likely N-dealkylation sites (N-methyl/N-ethyl adjacent to an activating group) is 1. The summed E-state index contributed by atoms with van der Waals surface area (Å²) in [6.45, 7) is 3.29. The number of rotatable bonds is 12. The Morgan fingerprint density at radius 3 is 2.15 bits per heavy atom. The lowest BCUT2D eigenvalue weighted by atomic mass is 10.3. The van der Waals surface area contributed by atoms with Gasteiger partial charge in [-0.05, 0) is 24.3 Å². The van der Waals surface area contributed by atoms with Gasteiger partial charge in [-0.15, -0.1) is 0 Å². The fourth-order valence-electron chi connectivity index (χ4n) is 2.22. The van der Waals surface area contributed by atoms with E-state index in [4.69, 9.17) is 14.2 Å². The van der Waals surface area contributed by atoms with Crippen molar-refractivity contribution in [1.82, 2.24) is 0 Å². The second-order valence-corrected chi connectivity index (χ2v) is 5.58. The molecule has 2 aromatic rings. The summed E-state index contributed by atoms with van der Waals surface area (Å²) in [4.78, 5) is 12.3. The first-order valence-electron chi connectivity index (χ1n) is 8.46. The van der Waals surface area contributed by atoms with Gasteiger partial charge in [0.1, 0.15) is 12.4 Å². The summed E-state index contributed by atoms with van der Waals surface area (Å²) >= 11 is 0. The van der Waals surface area contributed by atoms with Gasteiger partial charge in [-0.1, -0.05) is 18.2 Å². The molecule has 0 N–H and O–H groups in total. The largest absolute Gasteiger partial charge is 0.491 e. The molecule has 26 heavy (non-hydrogen) atoms. The Morgan fingerprint density at radius 1 is 0.885 bits per heavy atom. The monoisotopic (exact) mass is 360 g/mol. The molecule has 0 aliphatic rings. The number of nitro groups is 1. The zero-order chi connectivity index (χ0) is 18.6. The number of ether oxygens (including phenoxy) is 3. The van der Waals surface area contributed by atoms with E-state index in [0.29, 0.717) is 38.8 Å². The first kappa shape index (κ1) is 19.7. The zero-order valence-corrected chi connectivity index (χ0v) is 14.9. The maximum absolute atomic E-state index is 10.6. The van der Waals surface area contributed by atoms with Gasteiger partial charge in [-0.3, -0.25) is 10.1 Å². The third kappa shape index (κ3) is 7.08. The van der Waals surface area contributed by atoms with E-state index in [-0.39, 0.29) is 5.69 Å². The Bertz CT molecular complexity index is 649. The number of nitro benzene ring substituents is 1. The van der Waals surface area contributed by atoms with Crippen molar-refractivity contribution < 1.29 is 19.1 Å². The van der Waals surface area contributed by atoms with E-state index in [0.717, 1.165) is 12.2 Å². The van der Waals surface area contributed by atoms with Crippen molar-refractivity contribution >= 4 is 11.4 Å². The summed E-state index contributed by atoms with van der Waals surface area (Å²) < 4.78 is 16.4. The molecule has 0 amide bonds. The molecule has 0 spiro atoms. The van der Waals surface area contributed by atoms with Crippen LogP contribution in [-0.2, 0) is 9.47 Å². The van der Waals surface area contributed by atoms with Gasteiger partial charge >= 0.3 is 0 Å². The van der Waals surface area contributed by atoms with Crippen LogP contribution in [0.5, 0.6) is 5.75 Å². The molecule has 0 fully saturated rings. The van der Waals surface area contributed by atoms with Crippen LogP contribution in [0.4, 0.5) is 11.4 Å². The summed E-state index contributed by atoms with van der Waals surface area (Å²) in [7, 11) is 2.03. The van der Waals surface area contributed by atoms with Crippen molar-refractivity contribution in [2.45, 2.75) is 0 Å². The Labute approximate surface area is 153 Å². The summed E-state index contributed by atoms with van der Waals surface area (Å²) in [5.74, 6) is 0.583. The maximum Gasteiger partial charge on any atom is 0.269 e. The highest BCUT2D eigenvalue weighted by molar-refractivity contribution is 5.44. The van der Waals surface area contributed by atoms with E-state index in [9.17, 15) is 10.1 Å². The molecular weight excluding hydrogens is 336 g/mol. The summed E-state index contributed by atoms with van der Waals surface area (Å²) in [5.41, 5.74) is 1.21. The lowest BCUT2D eigenvalue weighted by Crippen LogP contribution is -2.23. The van der Waals surface area contributed by atoms with Crippen LogP contribution < -0.4 is 9.64 Å². The highest BCUT2D eigenvalue weighted by Gasteiger charge is 2.04. The molecule has 0 heterocycles. The van der Waals surface area contributed by atoms with Gasteiger partial charge in [-0.2, -0.15) is 0 Å². The van der Waals surface area contributed by atoms with E-state index in [1.54, 1.807) is 12.1 Å². The second kappa shape index (κ2) is 11.1. The van der Waals surface area contributed by atoms with Crippen LogP contribution in [-0.4, -0.2) is 51.6 Å². The van der Waals surface area contributed by atoms with E-state index >= 15 is 0 Å². The molecular formula is C19H24N2O5. The normalized spacial score (nSPS) is 10.5. The molecule has 0 aliphatic carbocycles. The summed E-state index contributed by atoms with van der Waals surface area (Å²) in [6, 6.07) is 16.1. The molecule has 0 atom stereocenters. The SMILES string of the molecule is CN(CCOCCOCCOc1ccc([N+](=O)[O-])cc1)c1ccccc1. The number of hydrogen-bond donors (Lipinski definition) is 0. The fraction of sp³-hybridized carbons (Fsp3) is 0.368. The van der Waals surface area contributed by atoms with Gasteiger partial charge < -0.3 is 19.1 Å². The highest BCUT2D eigenvalue weighted by Crippen LogP contribution is 2.17. The smallest absolute Gasteiger partial charge is 0.269 e. The lowest BCUT2D eigenvalue weighted by molar-refractivity contribution is -0.384. The average molecular weight is 360 g/mol. The van der Waals surface area contributed by atoms with Crippen LogP contribution in [0.1, 0.15) is 0 Å². The number of hydrogen-bond acceptors (Lipinski definition) is 6. The third-order valence-electron chi connectivity index (χ3n) is 3.68. The standard InChI is InChI=1S/C19H24N2O5/c1-20(17-5-3-2-4-6-17)11-12-24-13-14-25-15-16-26-19-9-7-18(8-10-19)21(22)23/h2-10H,11-16H2,1H3. The molecule has 0 saturated carbocycles. The lowest BCUT2D eigenvalue weighted by Gasteiger charge is -2.19. The molecule has 140 valence electrons. The number of nitrogens with zero attached hydrogens (tertiary/aromatic N) is 2. The van der Waals surface area contributed by atoms with Crippen molar-refractivity contribution in [3.8, 4) is 5.75 Å². The van der Waals surface area contributed by atoms with Gasteiger partial charge in [0.15, 0.2) is 0 Å². The van der Waals surface area contributed by atoms with Crippen molar-refractivity contribution in [1.29, 1.82) is 0 Å².